The minimum absolute atomic E-state index is 0.120. The van der Waals surface area contributed by atoms with Gasteiger partial charge in [-0.15, -0.1) is 11.3 Å². The monoisotopic (exact) mass is 613 g/mol. The smallest absolute Gasteiger partial charge is 0.234 e. The lowest BCUT2D eigenvalue weighted by atomic mass is 9.98. The summed E-state index contributed by atoms with van der Waals surface area (Å²) in [5.74, 6) is 0.518. The van der Waals surface area contributed by atoms with Crippen LogP contribution >= 0.6 is 11.3 Å². The van der Waals surface area contributed by atoms with Crippen LogP contribution in [0.25, 0.3) is 27.6 Å². The average molecular weight is 614 g/mol. The Labute approximate surface area is 264 Å². The van der Waals surface area contributed by atoms with Crippen molar-refractivity contribution in [1.29, 1.82) is 0 Å². The summed E-state index contributed by atoms with van der Waals surface area (Å²) in [6.07, 6.45) is 4.59. The quantitative estimate of drug-likeness (QED) is 0.217. The minimum Gasteiger partial charge on any atom is -0.378 e. The Morgan fingerprint density at radius 3 is 2.60 bits per heavy atom. The normalized spacial score (nSPS) is 16.9. The second-order valence-electron chi connectivity index (χ2n) is 11.2. The molecule has 2 fully saturated rings. The number of nitrogens with zero attached hydrogens (tertiary/aromatic N) is 6. The van der Waals surface area contributed by atoms with Gasteiger partial charge in [0, 0.05) is 60.0 Å². The zero-order valence-corrected chi connectivity index (χ0v) is 25.4. The lowest BCUT2D eigenvalue weighted by Gasteiger charge is -2.29. The van der Waals surface area contributed by atoms with E-state index in [-0.39, 0.29) is 11.8 Å². The molecular formula is C35H31N7O2S. The molecule has 3 aromatic heterocycles. The number of hydrogen-bond acceptors (Lipinski definition) is 8. The first kappa shape index (κ1) is 27.5. The van der Waals surface area contributed by atoms with Crippen LogP contribution in [0.2, 0.25) is 0 Å². The molecule has 1 atom stereocenters. The summed E-state index contributed by atoms with van der Waals surface area (Å²) < 4.78 is 7.59. The third-order valence-electron chi connectivity index (χ3n) is 8.48. The van der Waals surface area contributed by atoms with Gasteiger partial charge in [-0.05, 0) is 48.4 Å². The molecule has 5 heterocycles. The predicted octanol–water partition coefficient (Wildman–Crippen LogP) is 6.62. The van der Waals surface area contributed by atoms with E-state index in [0.717, 1.165) is 83.0 Å². The Morgan fingerprint density at radius 2 is 1.71 bits per heavy atom. The summed E-state index contributed by atoms with van der Waals surface area (Å²) in [7, 11) is 0. The second-order valence-corrected chi connectivity index (χ2v) is 12.1. The van der Waals surface area contributed by atoms with Crippen LogP contribution in [0.3, 0.4) is 0 Å². The summed E-state index contributed by atoms with van der Waals surface area (Å²) in [5, 5.41) is 5.43. The molecule has 45 heavy (non-hydrogen) atoms. The van der Waals surface area contributed by atoms with Crippen LogP contribution in [-0.2, 0) is 9.53 Å². The molecule has 0 radical (unpaired) electrons. The number of carbonyl (C=O) groups is 1. The number of anilines is 4. The van der Waals surface area contributed by atoms with E-state index in [1.165, 1.54) is 0 Å². The molecule has 9 nitrogen and oxygen atoms in total. The van der Waals surface area contributed by atoms with Crippen LogP contribution in [0.4, 0.5) is 23.0 Å². The molecule has 2 aliphatic heterocycles. The van der Waals surface area contributed by atoms with E-state index in [9.17, 15) is 4.79 Å². The van der Waals surface area contributed by atoms with Crippen LogP contribution in [-0.4, -0.2) is 58.1 Å². The molecule has 3 aromatic carbocycles. The van der Waals surface area contributed by atoms with E-state index < -0.39 is 0 Å². The highest BCUT2D eigenvalue weighted by atomic mass is 32.1. The molecule has 0 aliphatic carbocycles. The molecule has 8 rings (SSSR count). The topological polar surface area (TPSA) is 87.9 Å². The van der Waals surface area contributed by atoms with Gasteiger partial charge in [0.2, 0.25) is 11.9 Å². The molecule has 0 unspecified atom stereocenters. The number of amides is 1. The summed E-state index contributed by atoms with van der Waals surface area (Å²) in [6.45, 7) is 3.90. The van der Waals surface area contributed by atoms with Crippen molar-refractivity contribution in [1.82, 2.24) is 19.4 Å². The standard InChI is InChI=1S/C35H31N7O2S/c43-33-29(24-6-2-1-3-7-24)13-15-41(33)28-11-4-8-25(22-28)31-32(42-18-21-45-35(42)39-31)30-12-14-36-34(38-30)37-26-9-5-10-27(23-26)40-16-19-44-20-17-40/h1-12,14,18,21-23,29H,13,15-17,19-20H2,(H,36,37,38)/t29-/m1/s1. The summed E-state index contributed by atoms with van der Waals surface area (Å²) in [5.41, 5.74) is 7.39. The van der Waals surface area contributed by atoms with E-state index in [2.05, 4.69) is 37.8 Å². The van der Waals surface area contributed by atoms with Crippen LogP contribution in [0.15, 0.2) is 103 Å². The minimum atomic E-state index is -0.120. The fourth-order valence-electron chi connectivity index (χ4n) is 6.27. The number of rotatable bonds is 7. The highest BCUT2D eigenvalue weighted by molar-refractivity contribution is 7.15. The first-order valence-corrected chi connectivity index (χ1v) is 16.0. The van der Waals surface area contributed by atoms with Crippen molar-refractivity contribution in [3.05, 3.63) is 108 Å². The molecule has 1 N–H and O–H groups in total. The van der Waals surface area contributed by atoms with Crippen molar-refractivity contribution in [3.8, 4) is 22.6 Å². The van der Waals surface area contributed by atoms with Gasteiger partial charge in [0.15, 0.2) is 4.96 Å². The van der Waals surface area contributed by atoms with E-state index in [4.69, 9.17) is 14.7 Å². The number of ether oxygens (including phenoxy) is 1. The van der Waals surface area contributed by atoms with Gasteiger partial charge in [-0.1, -0.05) is 48.5 Å². The van der Waals surface area contributed by atoms with Crippen molar-refractivity contribution in [2.75, 3.05) is 48.0 Å². The number of hydrogen-bond donors (Lipinski definition) is 1. The average Bonchev–Trinajstić information content (AvgIpc) is 3.81. The van der Waals surface area contributed by atoms with Gasteiger partial charge in [-0.3, -0.25) is 9.20 Å². The predicted molar refractivity (Wildman–Crippen MR) is 178 cm³/mol. The molecule has 224 valence electrons. The first-order chi connectivity index (χ1) is 22.2. The molecule has 0 spiro atoms. The van der Waals surface area contributed by atoms with Crippen molar-refractivity contribution in [2.45, 2.75) is 12.3 Å². The summed E-state index contributed by atoms with van der Waals surface area (Å²) in [6, 6.07) is 28.4. The van der Waals surface area contributed by atoms with Crippen molar-refractivity contribution in [3.63, 3.8) is 0 Å². The van der Waals surface area contributed by atoms with Crippen LogP contribution < -0.4 is 15.1 Å². The van der Waals surface area contributed by atoms with E-state index in [1.807, 2.05) is 83.2 Å². The summed E-state index contributed by atoms with van der Waals surface area (Å²) >= 11 is 1.58. The third kappa shape index (κ3) is 5.32. The number of benzene rings is 3. The van der Waals surface area contributed by atoms with Crippen LogP contribution in [0.5, 0.6) is 0 Å². The largest absolute Gasteiger partial charge is 0.378 e. The lowest BCUT2D eigenvalue weighted by molar-refractivity contribution is -0.118. The highest BCUT2D eigenvalue weighted by Gasteiger charge is 2.33. The number of imidazole rings is 1. The molecule has 2 aliphatic rings. The zero-order chi connectivity index (χ0) is 30.2. The van der Waals surface area contributed by atoms with Gasteiger partial charge in [0.25, 0.3) is 0 Å². The van der Waals surface area contributed by atoms with Crippen molar-refractivity contribution < 1.29 is 9.53 Å². The Morgan fingerprint density at radius 1 is 0.867 bits per heavy atom. The molecule has 2 saturated heterocycles. The maximum Gasteiger partial charge on any atom is 0.234 e. The summed E-state index contributed by atoms with van der Waals surface area (Å²) in [4.78, 5) is 33.1. The fraction of sp³-hybridized carbons (Fsp3) is 0.200. The Bertz CT molecular complexity index is 1980. The number of nitrogens with one attached hydrogen (secondary N) is 1. The van der Waals surface area contributed by atoms with E-state index in [1.54, 1.807) is 17.5 Å². The Kier molecular flexibility index (Phi) is 7.20. The van der Waals surface area contributed by atoms with E-state index in [0.29, 0.717) is 12.5 Å². The number of thiazole rings is 1. The number of morpholine rings is 1. The van der Waals surface area contributed by atoms with Gasteiger partial charge >= 0.3 is 0 Å². The van der Waals surface area contributed by atoms with E-state index >= 15 is 0 Å². The van der Waals surface area contributed by atoms with Gasteiger partial charge in [0.1, 0.15) is 5.69 Å². The number of aromatic nitrogens is 4. The number of fused-ring (bicyclic) bond motifs is 1. The SMILES string of the molecule is O=C1[C@@H](c2ccccc2)CCN1c1cccc(-c2nc3sccn3c2-c2ccnc(Nc3cccc(N4CCOCC4)c3)n2)c1. The van der Waals surface area contributed by atoms with Gasteiger partial charge < -0.3 is 19.9 Å². The zero-order valence-electron chi connectivity index (χ0n) is 24.5. The lowest BCUT2D eigenvalue weighted by Crippen LogP contribution is -2.36. The highest BCUT2D eigenvalue weighted by Crippen LogP contribution is 2.37. The first-order valence-electron chi connectivity index (χ1n) is 15.2. The van der Waals surface area contributed by atoms with Crippen molar-refractivity contribution >= 4 is 45.2 Å². The fourth-order valence-corrected chi connectivity index (χ4v) is 6.98. The Hall–Kier alpha value is -5.06. The maximum absolute atomic E-state index is 13.5. The van der Waals surface area contributed by atoms with Crippen molar-refractivity contribution in [2.24, 2.45) is 0 Å². The molecule has 6 aromatic rings. The molecule has 0 bridgehead atoms. The number of carbonyl (C=O) groups excluding carboxylic acids is 1. The van der Waals surface area contributed by atoms with Gasteiger partial charge in [-0.25, -0.2) is 15.0 Å². The van der Waals surface area contributed by atoms with Crippen LogP contribution in [0.1, 0.15) is 17.9 Å². The molecule has 0 saturated carbocycles. The van der Waals surface area contributed by atoms with Crippen LogP contribution in [0, 0.1) is 0 Å². The molecule has 1 amide bonds. The van der Waals surface area contributed by atoms with Gasteiger partial charge in [-0.2, -0.15) is 0 Å². The second kappa shape index (κ2) is 11.8. The molecular weight excluding hydrogens is 582 g/mol. The maximum atomic E-state index is 13.5. The third-order valence-corrected chi connectivity index (χ3v) is 9.23. The molecule has 10 heteroatoms. The van der Waals surface area contributed by atoms with Gasteiger partial charge in [0.05, 0.1) is 30.5 Å². The Balaban J connectivity index is 1.11.